The molecule has 3 heteroatoms. The van der Waals surface area contributed by atoms with Crippen molar-refractivity contribution >= 4 is 14.9 Å². The minimum atomic E-state index is -0.446. The second-order valence-corrected chi connectivity index (χ2v) is 2.35. The van der Waals surface area contributed by atoms with E-state index in [0.717, 1.165) is 0 Å². The van der Waals surface area contributed by atoms with Gasteiger partial charge in [0.15, 0.2) is 0 Å². The third-order valence-corrected chi connectivity index (χ3v) is 1.64. The van der Waals surface area contributed by atoms with Crippen LogP contribution in [0.4, 0.5) is 4.39 Å². The molecule has 0 bridgehead atoms. The van der Waals surface area contributed by atoms with Gasteiger partial charge < -0.3 is 4.80 Å². The standard InChI is InChI=1S/C6H5FOSi/c7-5-3-1-2-4-6(5)9-8/h1-4,8H. The van der Waals surface area contributed by atoms with Crippen LogP contribution in [0, 0.1) is 5.82 Å². The highest BCUT2D eigenvalue weighted by Crippen LogP contribution is 1.89. The van der Waals surface area contributed by atoms with Crippen molar-refractivity contribution in [3.8, 4) is 0 Å². The molecule has 0 unspecified atom stereocenters. The Balaban J connectivity index is 3.01. The maximum absolute atomic E-state index is 12.4. The lowest BCUT2D eigenvalue weighted by Crippen LogP contribution is -2.16. The lowest BCUT2D eigenvalue weighted by atomic mass is 10.3. The minimum absolute atomic E-state index is 0.335. The van der Waals surface area contributed by atoms with Crippen molar-refractivity contribution in [3.05, 3.63) is 30.1 Å². The van der Waals surface area contributed by atoms with Gasteiger partial charge in [-0.2, -0.15) is 0 Å². The molecule has 1 nitrogen and oxygen atoms in total. The van der Waals surface area contributed by atoms with E-state index < -0.39 is 9.76 Å². The molecule has 0 saturated heterocycles. The molecule has 2 radical (unpaired) electrons. The van der Waals surface area contributed by atoms with Gasteiger partial charge >= 0.3 is 0 Å². The Morgan fingerprint density at radius 2 is 2.00 bits per heavy atom. The highest BCUT2D eigenvalue weighted by molar-refractivity contribution is 6.45. The molecule has 0 aromatic heterocycles. The molecule has 0 spiro atoms. The molecule has 0 fully saturated rings. The minimum Gasteiger partial charge on any atom is -0.428 e. The molecular weight excluding hydrogens is 135 g/mol. The van der Waals surface area contributed by atoms with Crippen LogP contribution < -0.4 is 5.19 Å². The summed E-state index contributed by atoms with van der Waals surface area (Å²) in [4.78, 5) is 8.51. The first-order chi connectivity index (χ1) is 4.34. The van der Waals surface area contributed by atoms with Crippen molar-refractivity contribution in [1.82, 2.24) is 0 Å². The van der Waals surface area contributed by atoms with Crippen LogP contribution in [0.15, 0.2) is 24.3 Å². The Kier molecular flexibility index (Phi) is 1.97. The van der Waals surface area contributed by atoms with Gasteiger partial charge in [0.25, 0.3) is 9.76 Å². The maximum Gasteiger partial charge on any atom is 0.268 e. The van der Waals surface area contributed by atoms with Crippen LogP contribution in [-0.2, 0) is 0 Å². The van der Waals surface area contributed by atoms with Crippen LogP contribution >= 0.6 is 0 Å². The molecule has 9 heavy (non-hydrogen) atoms. The summed E-state index contributed by atoms with van der Waals surface area (Å²) in [5.74, 6) is -0.335. The summed E-state index contributed by atoms with van der Waals surface area (Å²) in [7, 11) is -0.446. The second-order valence-electron chi connectivity index (χ2n) is 1.59. The third-order valence-electron chi connectivity index (χ3n) is 0.994. The van der Waals surface area contributed by atoms with Crippen molar-refractivity contribution in [1.29, 1.82) is 0 Å². The van der Waals surface area contributed by atoms with Gasteiger partial charge in [-0.05, 0) is 6.07 Å². The molecule has 1 aromatic carbocycles. The van der Waals surface area contributed by atoms with Gasteiger partial charge in [-0.1, -0.05) is 18.2 Å². The quantitative estimate of drug-likeness (QED) is 0.547. The SMILES string of the molecule is O[Si]c1ccccc1F. The molecule has 0 aliphatic heterocycles. The normalized spacial score (nSPS) is 9.56. The van der Waals surface area contributed by atoms with Crippen molar-refractivity contribution in [2.24, 2.45) is 0 Å². The van der Waals surface area contributed by atoms with Crippen LogP contribution in [0.2, 0.25) is 0 Å². The van der Waals surface area contributed by atoms with E-state index in [2.05, 4.69) is 0 Å². The summed E-state index contributed by atoms with van der Waals surface area (Å²) in [5.41, 5.74) is 0. The van der Waals surface area contributed by atoms with Crippen LogP contribution in [0.3, 0.4) is 0 Å². The summed E-state index contributed by atoms with van der Waals surface area (Å²) in [6.45, 7) is 0. The van der Waals surface area contributed by atoms with E-state index in [9.17, 15) is 4.39 Å². The fourth-order valence-electron chi connectivity index (χ4n) is 0.552. The number of rotatable bonds is 1. The number of hydrogen-bond donors (Lipinski definition) is 1. The molecule has 1 N–H and O–H groups in total. The van der Waals surface area contributed by atoms with Crippen LogP contribution in [0.1, 0.15) is 0 Å². The predicted octanol–water partition coefficient (Wildman–Crippen LogP) is 0.0625. The Hall–Kier alpha value is -0.673. The van der Waals surface area contributed by atoms with Crippen molar-refractivity contribution in [2.45, 2.75) is 0 Å². The van der Waals surface area contributed by atoms with Gasteiger partial charge in [-0.25, -0.2) is 4.39 Å². The van der Waals surface area contributed by atoms with Gasteiger partial charge in [0, 0.05) is 5.19 Å². The lowest BCUT2D eigenvalue weighted by molar-refractivity contribution is 0.602. The van der Waals surface area contributed by atoms with E-state index in [0.29, 0.717) is 5.19 Å². The molecule has 46 valence electrons. The summed E-state index contributed by atoms with van der Waals surface area (Å²) in [6, 6.07) is 6.19. The summed E-state index contributed by atoms with van der Waals surface area (Å²) in [5, 5.41) is 0.373. The number of halogens is 1. The zero-order valence-electron chi connectivity index (χ0n) is 4.63. The molecule has 0 amide bonds. The highest BCUT2D eigenvalue weighted by Gasteiger charge is 1.97. The van der Waals surface area contributed by atoms with E-state index in [1.807, 2.05) is 0 Å². The lowest BCUT2D eigenvalue weighted by Gasteiger charge is -1.92. The Labute approximate surface area is 55.1 Å². The third kappa shape index (κ3) is 1.37. The molecule has 0 aliphatic rings. The number of benzene rings is 1. The number of hydrogen-bond acceptors (Lipinski definition) is 1. The average Bonchev–Trinajstić information content (AvgIpc) is 1.89. The van der Waals surface area contributed by atoms with E-state index in [1.54, 1.807) is 18.2 Å². The van der Waals surface area contributed by atoms with Crippen LogP contribution in [0.25, 0.3) is 0 Å². The summed E-state index contributed by atoms with van der Waals surface area (Å²) < 4.78 is 12.4. The van der Waals surface area contributed by atoms with E-state index in [1.165, 1.54) is 6.07 Å². The van der Waals surface area contributed by atoms with Gasteiger partial charge in [0.05, 0.1) is 0 Å². The van der Waals surface area contributed by atoms with E-state index in [4.69, 9.17) is 4.80 Å². The first-order valence-corrected chi connectivity index (χ1v) is 3.44. The molecule has 0 heterocycles. The topological polar surface area (TPSA) is 20.2 Å². The van der Waals surface area contributed by atoms with Crippen LogP contribution in [0.5, 0.6) is 0 Å². The molecular formula is C6H5FOSi. The summed E-state index contributed by atoms with van der Waals surface area (Å²) >= 11 is 0. The largest absolute Gasteiger partial charge is 0.428 e. The summed E-state index contributed by atoms with van der Waals surface area (Å²) in [6.07, 6.45) is 0. The van der Waals surface area contributed by atoms with Gasteiger partial charge in [0.2, 0.25) is 0 Å². The second kappa shape index (κ2) is 2.75. The van der Waals surface area contributed by atoms with Crippen molar-refractivity contribution in [2.75, 3.05) is 0 Å². The molecule has 0 atom stereocenters. The molecule has 1 aromatic rings. The monoisotopic (exact) mass is 140 g/mol. The maximum atomic E-state index is 12.4. The first kappa shape index (κ1) is 6.45. The molecule has 0 saturated carbocycles. The predicted molar refractivity (Wildman–Crippen MR) is 34.0 cm³/mol. The van der Waals surface area contributed by atoms with E-state index >= 15 is 0 Å². The zero-order chi connectivity index (χ0) is 6.69. The highest BCUT2D eigenvalue weighted by atomic mass is 28.2. The Bertz CT molecular complexity index is 202. The Morgan fingerprint density at radius 1 is 1.33 bits per heavy atom. The Morgan fingerprint density at radius 3 is 2.44 bits per heavy atom. The average molecular weight is 140 g/mol. The molecule has 1 rings (SSSR count). The van der Waals surface area contributed by atoms with Crippen molar-refractivity contribution in [3.63, 3.8) is 0 Å². The fourth-order valence-corrected chi connectivity index (χ4v) is 0.913. The molecule has 0 aliphatic carbocycles. The van der Waals surface area contributed by atoms with Gasteiger partial charge in [0.1, 0.15) is 5.82 Å². The fraction of sp³-hybridized carbons (Fsp3) is 0. The van der Waals surface area contributed by atoms with Crippen LogP contribution in [-0.4, -0.2) is 14.6 Å². The van der Waals surface area contributed by atoms with Gasteiger partial charge in [-0.15, -0.1) is 0 Å². The zero-order valence-corrected chi connectivity index (χ0v) is 5.63. The smallest absolute Gasteiger partial charge is 0.268 e. The van der Waals surface area contributed by atoms with E-state index in [-0.39, 0.29) is 5.82 Å². The first-order valence-electron chi connectivity index (χ1n) is 2.49. The van der Waals surface area contributed by atoms with Gasteiger partial charge in [-0.3, -0.25) is 0 Å². The van der Waals surface area contributed by atoms with Crippen molar-refractivity contribution < 1.29 is 9.19 Å².